The van der Waals surface area contributed by atoms with Gasteiger partial charge in [0.2, 0.25) is 0 Å². The van der Waals surface area contributed by atoms with E-state index in [4.69, 9.17) is 15.7 Å². The molecule has 1 aliphatic rings. The maximum Gasteiger partial charge on any atom is 0.193 e. The van der Waals surface area contributed by atoms with Crippen LogP contribution in [0.3, 0.4) is 0 Å². The Hall–Kier alpha value is -2.06. The first-order valence-electron chi connectivity index (χ1n) is 8.05. The fourth-order valence-electron chi connectivity index (χ4n) is 2.90. The van der Waals surface area contributed by atoms with Gasteiger partial charge in [-0.05, 0) is 48.7 Å². The normalized spacial score (nSPS) is 17.3. The number of aromatic nitrogens is 1. The number of benzene rings is 1. The van der Waals surface area contributed by atoms with Crippen LogP contribution < -0.4 is 16.0 Å². The van der Waals surface area contributed by atoms with Crippen molar-refractivity contribution in [3.8, 4) is 0 Å². The van der Waals surface area contributed by atoms with E-state index in [0.29, 0.717) is 6.54 Å². The Kier molecular flexibility index (Phi) is 4.39. The first-order valence-corrected chi connectivity index (χ1v) is 9.75. The Morgan fingerprint density at radius 3 is 2.96 bits per heavy atom. The number of nitrogens with one attached hydrogen (secondary N) is 1. The minimum atomic E-state index is -0.169. The van der Waals surface area contributed by atoms with Gasteiger partial charge in [0.15, 0.2) is 11.4 Å². The van der Waals surface area contributed by atoms with E-state index in [1.165, 1.54) is 4.88 Å². The molecule has 1 atom stereocenters. The number of hydrogen-bond donors (Lipinski definition) is 2. The van der Waals surface area contributed by atoms with Crippen molar-refractivity contribution >= 4 is 43.7 Å². The molecule has 128 valence electrons. The molecule has 1 aliphatic heterocycles. The van der Waals surface area contributed by atoms with Crippen molar-refractivity contribution in [3.63, 3.8) is 0 Å². The molecule has 0 fully saturated rings. The summed E-state index contributed by atoms with van der Waals surface area (Å²) in [6, 6.07) is 8.38. The Morgan fingerprint density at radius 2 is 2.24 bits per heavy atom. The summed E-state index contributed by atoms with van der Waals surface area (Å²) >= 11 is 3.36. The van der Waals surface area contributed by atoms with Crippen molar-refractivity contribution in [1.29, 1.82) is 0 Å². The first-order chi connectivity index (χ1) is 12.2. The Morgan fingerprint density at radius 1 is 1.36 bits per heavy atom. The van der Waals surface area contributed by atoms with Gasteiger partial charge in [0.05, 0.1) is 20.8 Å². The Bertz CT molecular complexity index is 955. The highest BCUT2D eigenvalue weighted by molar-refractivity contribution is 7.22. The summed E-state index contributed by atoms with van der Waals surface area (Å²) in [5.74, 6) is 0. The van der Waals surface area contributed by atoms with Crippen LogP contribution in [0.1, 0.15) is 16.0 Å². The van der Waals surface area contributed by atoms with E-state index in [1.54, 1.807) is 22.7 Å². The minimum Gasteiger partial charge on any atom is -0.326 e. The fourth-order valence-corrected chi connectivity index (χ4v) is 4.71. The smallest absolute Gasteiger partial charge is 0.193 e. The minimum absolute atomic E-state index is 0.169. The molecule has 25 heavy (non-hydrogen) atoms. The molecule has 7 heteroatoms. The van der Waals surface area contributed by atoms with Gasteiger partial charge in [0.25, 0.3) is 0 Å². The third-order valence-corrected chi connectivity index (χ3v) is 6.05. The second-order valence-corrected chi connectivity index (χ2v) is 7.79. The lowest BCUT2D eigenvalue weighted by atomic mass is 10.1. The maximum atomic E-state index is 5.80. The number of hydrogen-bond acceptors (Lipinski definition) is 7. The van der Waals surface area contributed by atoms with Crippen LogP contribution in [0.2, 0.25) is 0 Å². The van der Waals surface area contributed by atoms with E-state index in [-0.39, 0.29) is 6.29 Å². The number of thiophene rings is 1. The van der Waals surface area contributed by atoms with Crippen molar-refractivity contribution in [2.45, 2.75) is 19.8 Å². The highest BCUT2D eigenvalue weighted by Gasteiger charge is 2.23. The zero-order chi connectivity index (χ0) is 17.4. The van der Waals surface area contributed by atoms with Gasteiger partial charge in [0, 0.05) is 12.7 Å². The molecule has 0 amide bonds. The number of aliphatic imine (C=N–C) groups is 1. The topological polar surface area (TPSA) is 66.5 Å². The highest BCUT2D eigenvalue weighted by atomic mass is 32.1. The molecule has 2 aromatic heterocycles. The summed E-state index contributed by atoms with van der Waals surface area (Å²) in [7, 11) is 1.91. The SMILES string of the molecule is CNC1N=C(c2cccs2)C=CN1c1nc2c(C)cc(CN)cc2s1. The maximum absolute atomic E-state index is 5.80. The molecular formula is C18H19N5S2. The molecular weight excluding hydrogens is 350 g/mol. The van der Waals surface area contributed by atoms with Crippen molar-refractivity contribution < 1.29 is 0 Å². The molecule has 0 radical (unpaired) electrons. The molecule has 0 aliphatic carbocycles. The van der Waals surface area contributed by atoms with Crippen LogP contribution in [0.15, 0.2) is 46.9 Å². The van der Waals surface area contributed by atoms with Gasteiger partial charge in [-0.2, -0.15) is 0 Å². The third-order valence-electron chi connectivity index (χ3n) is 4.14. The lowest BCUT2D eigenvalue weighted by Crippen LogP contribution is -2.42. The van der Waals surface area contributed by atoms with Gasteiger partial charge >= 0.3 is 0 Å². The van der Waals surface area contributed by atoms with E-state index in [9.17, 15) is 0 Å². The fraction of sp³-hybridized carbons (Fsp3) is 0.222. The zero-order valence-electron chi connectivity index (χ0n) is 14.1. The Balaban J connectivity index is 1.71. The van der Waals surface area contributed by atoms with Crippen molar-refractivity contribution in [1.82, 2.24) is 10.3 Å². The average molecular weight is 370 g/mol. The summed E-state index contributed by atoms with van der Waals surface area (Å²) in [6.45, 7) is 2.63. The van der Waals surface area contributed by atoms with Crippen LogP contribution in [0.5, 0.6) is 0 Å². The van der Waals surface area contributed by atoms with Crippen LogP contribution in [0.4, 0.5) is 5.13 Å². The quantitative estimate of drug-likeness (QED) is 0.739. The molecule has 3 heterocycles. The number of anilines is 1. The number of nitrogens with zero attached hydrogens (tertiary/aromatic N) is 3. The molecule has 0 saturated carbocycles. The summed E-state index contributed by atoms with van der Waals surface area (Å²) in [5, 5.41) is 6.26. The van der Waals surface area contributed by atoms with Gasteiger partial charge in [-0.15, -0.1) is 11.3 Å². The molecule has 4 rings (SSSR count). The Labute approximate surface area is 154 Å². The largest absolute Gasteiger partial charge is 0.326 e. The molecule has 0 spiro atoms. The summed E-state index contributed by atoms with van der Waals surface area (Å²) in [6.07, 6.45) is 3.93. The summed E-state index contributed by atoms with van der Waals surface area (Å²) in [4.78, 5) is 12.9. The van der Waals surface area contributed by atoms with Gasteiger partial charge in [-0.3, -0.25) is 10.2 Å². The van der Waals surface area contributed by atoms with E-state index in [2.05, 4.69) is 46.9 Å². The lowest BCUT2D eigenvalue weighted by molar-refractivity contribution is 0.587. The van der Waals surface area contributed by atoms with Crippen LogP contribution in [0.25, 0.3) is 10.2 Å². The van der Waals surface area contributed by atoms with Crippen molar-refractivity contribution in [2.75, 3.05) is 11.9 Å². The third kappa shape index (κ3) is 3.00. The molecule has 1 aromatic carbocycles. The monoisotopic (exact) mass is 369 g/mol. The first kappa shape index (κ1) is 16.4. The van der Waals surface area contributed by atoms with E-state index in [0.717, 1.165) is 32.2 Å². The number of allylic oxidation sites excluding steroid dienone is 1. The number of fused-ring (bicyclic) bond motifs is 1. The second-order valence-electron chi connectivity index (χ2n) is 5.84. The average Bonchev–Trinajstić information content (AvgIpc) is 3.30. The number of rotatable bonds is 4. The van der Waals surface area contributed by atoms with Crippen molar-refractivity contribution in [3.05, 3.63) is 57.9 Å². The van der Waals surface area contributed by atoms with E-state index >= 15 is 0 Å². The predicted molar refractivity (Wildman–Crippen MR) is 108 cm³/mol. The van der Waals surface area contributed by atoms with Crippen molar-refractivity contribution in [2.24, 2.45) is 10.7 Å². The molecule has 5 nitrogen and oxygen atoms in total. The van der Waals surface area contributed by atoms with Gasteiger partial charge in [0.1, 0.15) is 0 Å². The van der Waals surface area contributed by atoms with Crippen LogP contribution >= 0.6 is 22.7 Å². The lowest BCUT2D eigenvalue weighted by Gasteiger charge is -2.28. The molecule has 1 unspecified atom stereocenters. The van der Waals surface area contributed by atoms with Crippen LogP contribution in [-0.4, -0.2) is 24.0 Å². The van der Waals surface area contributed by atoms with Gasteiger partial charge in [-0.1, -0.05) is 23.5 Å². The summed E-state index contributed by atoms with van der Waals surface area (Å²) < 4.78 is 1.16. The second kappa shape index (κ2) is 6.68. The van der Waals surface area contributed by atoms with E-state index < -0.39 is 0 Å². The van der Waals surface area contributed by atoms with Crippen LogP contribution in [-0.2, 0) is 6.54 Å². The number of thiazole rings is 1. The van der Waals surface area contributed by atoms with Gasteiger partial charge in [-0.25, -0.2) is 9.98 Å². The number of nitrogens with two attached hydrogens (primary N) is 1. The summed E-state index contributed by atoms with van der Waals surface area (Å²) in [5.41, 5.74) is 10.1. The zero-order valence-corrected chi connectivity index (χ0v) is 15.7. The molecule has 0 saturated heterocycles. The van der Waals surface area contributed by atoms with E-state index in [1.807, 2.05) is 19.2 Å². The van der Waals surface area contributed by atoms with Gasteiger partial charge < -0.3 is 5.73 Å². The molecule has 3 N–H and O–H groups in total. The number of aryl methyl sites for hydroxylation is 1. The predicted octanol–water partition coefficient (Wildman–Crippen LogP) is 3.45. The standard InChI is InChI=1S/C18H19N5S2/c1-11-8-12(10-19)9-15-16(11)22-18(25-15)23-6-5-13(21-17(23)20-2)14-4-3-7-24-14/h3-9,17,20H,10,19H2,1-2H3. The highest BCUT2D eigenvalue weighted by Crippen LogP contribution is 2.33. The molecule has 0 bridgehead atoms. The molecule has 3 aromatic rings. The van der Waals surface area contributed by atoms with Crippen LogP contribution in [0, 0.1) is 6.92 Å².